The van der Waals surface area contributed by atoms with E-state index in [2.05, 4.69) is 37.1 Å². The Kier molecular flexibility index (Phi) is 6.30. The monoisotopic (exact) mass is 250 g/mol. The average molecular weight is 250 g/mol. The minimum Gasteiger partial charge on any atom is -0.385 e. The Morgan fingerprint density at radius 2 is 2.00 bits per heavy atom. The molecule has 0 radical (unpaired) electrons. The highest BCUT2D eigenvalue weighted by atomic mass is 16.5. The van der Waals surface area contributed by atoms with Crippen molar-refractivity contribution in [3.63, 3.8) is 0 Å². The number of nitrogens with zero attached hydrogens (tertiary/aromatic N) is 1. The zero-order valence-corrected chi connectivity index (χ0v) is 12.3. The van der Waals surface area contributed by atoms with Gasteiger partial charge in [-0.2, -0.15) is 0 Å². The minimum absolute atomic E-state index is 0.362. The molecule has 0 amide bonds. The lowest BCUT2D eigenvalue weighted by Crippen LogP contribution is -2.22. The summed E-state index contributed by atoms with van der Waals surface area (Å²) in [6, 6.07) is 2.52. The summed E-state index contributed by atoms with van der Waals surface area (Å²) in [5.74, 6) is 0. The quantitative estimate of drug-likeness (QED) is 0.755. The van der Waals surface area contributed by atoms with Gasteiger partial charge in [0.25, 0.3) is 0 Å². The lowest BCUT2D eigenvalue weighted by Gasteiger charge is -2.19. The highest BCUT2D eigenvalue weighted by Crippen LogP contribution is 2.21. The van der Waals surface area contributed by atoms with E-state index >= 15 is 0 Å². The van der Waals surface area contributed by atoms with Crippen molar-refractivity contribution in [3.05, 3.63) is 28.6 Å². The van der Waals surface area contributed by atoms with Crippen molar-refractivity contribution >= 4 is 0 Å². The molecule has 0 fully saturated rings. The molecule has 102 valence electrons. The second kappa shape index (κ2) is 7.49. The molecule has 1 unspecified atom stereocenters. The van der Waals surface area contributed by atoms with Gasteiger partial charge in [-0.3, -0.25) is 4.98 Å². The van der Waals surface area contributed by atoms with Crippen LogP contribution in [-0.4, -0.2) is 25.2 Å². The molecule has 0 saturated heterocycles. The fourth-order valence-electron chi connectivity index (χ4n) is 2.48. The maximum atomic E-state index is 5.05. The van der Waals surface area contributed by atoms with Gasteiger partial charge in [-0.25, -0.2) is 0 Å². The van der Waals surface area contributed by atoms with Gasteiger partial charge in [0.15, 0.2) is 0 Å². The van der Waals surface area contributed by atoms with Crippen LogP contribution in [0.5, 0.6) is 0 Å². The summed E-state index contributed by atoms with van der Waals surface area (Å²) < 4.78 is 5.05. The van der Waals surface area contributed by atoms with Crippen LogP contribution in [0.2, 0.25) is 0 Å². The largest absolute Gasteiger partial charge is 0.385 e. The van der Waals surface area contributed by atoms with E-state index in [4.69, 9.17) is 4.74 Å². The highest BCUT2D eigenvalue weighted by Gasteiger charge is 2.12. The molecule has 0 aliphatic heterocycles. The lowest BCUT2D eigenvalue weighted by atomic mass is 10.0. The van der Waals surface area contributed by atoms with Gasteiger partial charge >= 0.3 is 0 Å². The molecule has 0 aliphatic rings. The third-order valence-corrected chi connectivity index (χ3v) is 3.24. The molecule has 0 aromatic carbocycles. The normalized spacial score (nSPS) is 12.7. The molecule has 1 N–H and O–H groups in total. The fourth-order valence-corrected chi connectivity index (χ4v) is 2.48. The predicted octanol–water partition coefficient (Wildman–Crippen LogP) is 3.08. The Hall–Kier alpha value is -0.930. The molecule has 0 aliphatic carbocycles. The van der Waals surface area contributed by atoms with Crippen molar-refractivity contribution < 1.29 is 4.74 Å². The van der Waals surface area contributed by atoms with E-state index in [9.17, 15) is 0 Å². The molecule has 0 saturated carbocycles. The molecule has 1 rings (SSSR count). The second-order valence-corrected chi connectivity index (χ2v) is 4.96. The average Bonchev–Trinajstić information content (AvgIpc) is 2.27. The number of unbranched alkanes of at least 4 members (excludes halogenated alkanes) is 1. The Bertz CT molecular complexity index is 354. The summed E-state index contributed by atoms with van der Waals surface area (Å²) in [6.45, 7) is 10.4. The Labute approximate surface area is 111 Å². The number of aromatic nitrogens is 1. The van der Waals surface area contributed by atoms with Crippen LogP contribution in [0.15, 0.2) is 6.07 Å². The molecule has 1 heterocycles. The van der Waals surface area contributed by atoms with E-state index in [1.165, 1.54) is 11.1 Å². The number of hydrogen-bond acceptors (Lipinski definition) is 3. The standard InChI is InChI=1S/C15H26N2O/c1-11-10-12(2)17-14(4)15(11)13(3)16-8-6-7-9-18-5/h10,13,16H,6-9H2,1-5H3. The minimum atomic E-state index is 0.362. The molecular formula is C15H26N2O. The first-order valence-corrected chi connectivity index (χ1v) is 6.73. The van der Waals surface area contributed by atoms with Crippen molar-refractivity contribution in [3.8, 4) is 0 Å². The third kappa shape index (κ3) is 4.39. The van der Waals surface area contributed by atoms with Crippen LogP contribution >= 0.6 is 0 Å². The van der Waals surface area contributed by atoms with Crippen LogP contribution in [0.3, 0.4) is 0 Å². The van der Waals surface area contributed by atoms with Crippen molar-refractivity contribution in [2.24, 2.45) is 0 Å². The summed E-state index contributed by atoms with van der Waals surface area (Å²) in [5, 5.41) is 3.56. The lowest BCUT2D eigenvalue weighted by molar-refractivity contribution is 0.192. The van der Waals surface area contributed by atoms with Crippen molar-refractivity contribution in [2.45, 2.75) is 46.6 Å². The molecule has 1 aromatic rings. The van der Waals surface area contributed by atoms with Crippen LogP contribution in [-0.2, 0) is 4.74 Å². The van der Waals surface area contributed by atoms with E-state index in [0.29, 0.717) is 6.04 Å². The van der Waals surface area contributed by atoms with Gasteiger partial charge in [0.1, 0.15) is 0 Å². The predicted molar refractivity (Wildman–Crippen MR) is 76.0 cm³/mol. The highest BCUT2D eigenvalue weighted by molar-refractivity contribution is 5.33. The van der Waals surface area contributed by atoms with Crippen molar-refractivity contribution in [1.29, 1.82) is 0 Å². The first kappa shape index (κ1) is 15.1. The summed E-state index contributed by atoms with van der Waals surface area (Å²) in [6.07, 6.45) is 2.26. The zero-order chi connectivity index (χ0) is 13.5. The van der Waals surface area contributed by atoms with Crippen molar-refractivity contribution in [1.82, 2.24) is 10.3 Å². The van der Waals surface area contributed by atoms with Crippen LogP contribution in [0.1, 0.15) is 48.3 Å². The number of rotatable bonds is 7. The third-order valence-electron chi connectivity index (χ3n) is 3.24. The number of pyridine rings is 1. The number of hydrogen-bond donors (Lipinski definition) is 1. The Morgan fingerprint density at radius 3 is 2.61 bits per heavy atom. The van der Waals surface area contributed by atoms with Gasteiger partial charge in [-0.15, -0.1) is 0 Å². The smallest absolute Gasteiger partial charge is 0.0462 e. The van der Waals surface area contributed by atoms with Gasteiger partial charge in [0.05, 0.1) is 0 Å². The molecule has 0 bridgehead atoms. The molecule has 1 aromatic heterocycles. The maximum absolute atomic E-state index is 5.05. The van der Waals surface area contributed by atoms with Gasteiger partial charge in [-0.1, -0.05) is 0 Å². The van der Waals surface area contributed by atoms with Crippen molar-refractivity contribution in [2.75, 3.05) is 20.3 Å². The number of ether oxygens (including phenoxy) is 1. The van der Waals surface area contributed by atoms with Gasteiger partial charge in [-0.05, 0) is 64.3 Å². The van der Waals surface area contributed by atoms with E-state index in [0.717, 1.165) is 37.4 Å². The van der Waals surface area contributed by atoms with Crippen LogP contribution < -0.4 is 5.32 Å². The molecule has 3 nitrogen and oxygen atoms in total. The van der Waals surface area contributed by atoms with Gasteiger partial charge < -0.3 is 10.1 Å². The summed E-state index contributed by atoms with van der Waals surface area (Å²) >= 11 is 0. The maximum Gasteiger partial charge on any atom is 0.0462 e. The van der Waals surface area contributed by atoms with Gasteiger partial charge in [0, 0.05) is 31.1 Å². The topological polar surface area (TPSA) is 34.1 Å². The summed E-state index contributed by atoms with van der Waals surface area (Å²) in [5.41, 5.74) is 4.91. The molecule has 0 spiro atoms. The molecule has 18 heavy (non-hydrogen) atoms. The number of aryl methyl sites for hydroxylation is 3. The fraction of sp³-hybridized carbons (Fsp3) is 0.667. The number of methoxy groups -OCH3 is 1. The number of nitrogens with one attached hydrogen (secondary N) is 1. The van der Waals surface area contributed by atoms with Crippen LogP contribution in [0.4, 0.5) is 0 Å². The van der Waals surface area contributed by atoms with Gasteiger partial charge in [0.2, 0.25) is 0 Å². The summed E-state index contributed by atoms with van der Waals surface area (Å²) in [4.78, 5) is 4.55. The first-order valence-electron chi connectivity index (χ1n) is 6.73. The first-order chi connectivity index (χ1) is 8.56. The zero-order valence-electron chi connectivity index (χ0n) is 12.3. The molecule has 1 atom stereocenters. The Morgan fingerprint density at radius 1 is 1.28 bits per heavy atom. The van der Waals surface area contributed by atoms with E-state index in [-0.39, 0.29) is 0 Å². The molecular weight excluding hydrogens is 224 g/mol. The van der Waals surface area contributed by atoms with E-state index in [1.54, 1.807) is 7.11 Å². The summed E-state index contributed by atoms with van der Waals surface area (Å²) in [7, 11) is 1.75. The van der Waals surface area contributed by atoms with Crippen LogP contribution in [0, 0.1) is 20.8 Å². The SMILES string of the molecule is COCCCCNC(C)c1c(C)cc(C)nc1C. The van der Waals surface area contributed by atoms with Crippen LogP contribution in [0.25, 0.3) is 0 Å². The Balaban J connectivity index is 2.53. The second-order valence-electron chi connectivity index (χ2n) is 4.96. The van der Waals surface area contributed by atoms with E-state index < -0.39 is 0 Å². The molecule has 3 heteroatoms. The van der Waals surface area contributed by atoms with E-state index in [1.807, 2.05) is 6.92 Å².